The Morgan fingerprint density at radius 1 is 1.50 bits per heavy atom. The van der Waals surface area contributed by atoms with E-state index in [0.717, 1.165) is 10.7 Å². The van der Waals surface area contributed by atoms with E-state index in [1.165, 1.54) is 11.3 Å². The summed E-state index contributed by atoms with van der Waals surface area (Å²) in [4.78, 5) is 19.8. The molecule has 0 fully saturated rings. The molecular weight excluding hydrogens is 272 g/mol. The van der Waals surface area contributed by atoms with Crippen LogP contribution >= 0.6 is 22.9 Å². The Hall–Kier alpha value is -1.46. The van der Waals surface area contributed by atoms with Gasteiger partial charge in [-0.25, -0.2) is 4.98 Å². The first-order chi connectivity index (χ1) is 8.69. The van der Waals surface area contributed by atoms with Gasteiger partial charge in [-0.15, -0.1) is 11.3 Å². The van der Waals surface area contributed by atoms with Crippen molar-refractivity contribution in [3.05, 3.63) is 34.4 Å². The van der Waals surface area contributed by atoms with Crippen LogP contribution in [-0.4, -0.2) is 22.5 Å². The molecule has 2 rings (SSSR count). The van der Waals surface area contributed by atoms with Gasteiger partial charge >= 0.3 is 5.97 Å². The number of pyridine rings is 1. The number of nitrogens with zero attached hydrogens (tertiary/aromatic N) is 2. The number of hydrogen-bond acceptors (Lipinski definition) is 5. The van der Waals surface area contributed by atoms with E-state index in [-0.39, 0.29) is 12.4 Å². The van der Waals surface area contributed by atoms with Gasteiger partial charge < -0.3 is 4.74 Å². The summed E-state index contributed by atoms with van der Waals surface area (Å²) in [7, 11) is 0. The van der Waals surface area contributed by atoms with Gasteiger partial charge in [-0.3, -0.25) is 9.78 Å². The molecule has 2 heterocycles. The number of halogens is 1. The maximum atomic E-state index is 11.3. The summed E-state index contributed by atoms with van der Waals surface area (Å²) >= 11 is 7.21. The van der Waals surface area contributed by atoms with E-state index in [2.05, 4.69) is 9.97 Å². The molecule has 0 aliphatic heterocycles. The molecule has 0 N–H and O–H groups in total. The van der Waals surface area contributed by atoms with Crippen molar-refractivity contribution in [2.75, 3.05) is 6.61 Å². The van der Waals surface area contributed by atoms with Crippen LogP contribution in [0.5, 0.6) is 0 Å². The first-order valence-electron chi connectivity index (χ1n) is 5.41. The molecular formula is C12H11ClN2O2S. The Morgan fingerprint density at radius 3 is 3.00 bits per heavy atom. The van der Waals surface area contributed by atoms with Crippen LogP contribution in [0.15, 0.2) is 23.7 Å². The molecule has 0 aliphatic rings. The summed E-state index contributed by atoms with van der Waals surface area (Å²) in [6, 6.07) is 3.56. The molecule has 0 unspecified atom stereocenters. The van der Waals surface area contributed by atoms with Crippen molar-refractivity contribution >= 4 is 28.9 Å². The maximum absolute atomic E-state index is 11.3. The molecule has 0 saturated carbocycles. The molecule has 0 atom stereocenters. The second kappa shape index (κ2) is 5.93. The lowest BCUT2D eigenvalue weighted by Gasteiger charge is -1.98. The molecule has 18 heavy (non-hydrogen) atoms. The Morgan fingerprint density at radius 2 is 2.33 bits per heavy atom. The fraction of sp³-hybridized carbons (Fsp3) is 0.250. The van der Waals surface area contributed by atoms with E-state index in [0.29, 0.717) is 17.3 Å². The monoisotopic (exact) mass is 282 g/mol. The molecule has 0 amide bonds. The Bertz CT molecular complexity index is 539. The van der Waals surface area contributed by atoms with Gasteiger partial charge in [0.25, 0.3) is 0 Å². The molecule has 0 spiro atoms. The molecule has 2 aromatic rings. The van der Waals surface area contributed by atoms with Gasteiger partial charge in [0, 0.05) is 11.6 Å². The molecule has 2 aromatic heterocycles. The summed E-state index contributed by atoms with van der Waals surface area (Å²) in [5.41, 5.74) is 1.45. The van der Waals surface area contributed by atoms with Gasteiger partial charge in [0.2, 0.25) is 0 Å². The van der Waals surface area contributed by atoms with Gasteiger partial charge in [0.05, 0.1) is 29.4 Å². The smallest absolute Gasteiger partial charge is 0.311 e. The highest BCUT2D eigenvalue weighted by Gasteiger charge is 2.10. The summed E-state index contributed by atoms with van der Waals surface area (Å²) in [5.74, 6) is -0.265. The molecule has 0 saturated heterocycles. The third-order valence-corrected chi connectivity index (χ3v) is 3.27. The average molecular weight is 283 g/mol. The van der Waals surface area contributed by atoms with Crippen molar-refractivity contribution in [3.8, 4) is 10.7 Å². The Balaban J connectivity index is 2.10. The quantitative estimate of drug-likeness (QED) is 0.809. The van der Waals surface area contributed by atoms with Crippen LogP contribution in [0.25, 0.3) is 10.7 Å². The molecule has 6 heteroatoms. The molecule has 94 valence electrons. The molecule has 0 radical (unpaired) electrons. The van der Waals surface area contributed by atoms with Gasteiger partial charge in [-0.2, -0.15) is 0 Å². The highest BCUT2D eigenvalue weighted by Crippen LogP contribution is 2.23. The van der Waals surface area contributed by atoms with E-state index < -0.39 is 0 Å². The van der Waals surface area contributed by atoms with Crippen LogP contribution < -0.4 is 0 Å². The average Bonchev–Trinajstić information content (AvgIpc) is 2.78. The summed E-state index contributed by atoms with van der Waals surface area (Å²) in [6.07, 6.45) is 1.77. The van der Waals surface area contributed by atoms with Gasteiger partial charge in [-0.05, 0) is 19.1 Å². The minimum atomic E-state index is -0.265. The lowest BCUT2D eigenvalue weighted by molar-refractivity contribution is -0.142. The third kappa shape index (κ3) is 3.27. The van der Waals surface area contributed by atoms with Crippen molar-refractivity contribution in [1.82, 2.24) is 9.97 Å². The van der Waals surface area contributed by atoms with Crippen LogP contribution in [0.1, 0.15) is 12.6 Å². The van der Waals surface area contributed by atoms with E-state index >= 15 is 0 Å². The lowest BCUT2D eigenvalue weighted by Crippen LogP contribution is -2.07. The minimum Gasteiger partial charge on any atom is -0.466 e. The predicted molar refractivity (Wildman–Crippen MR) is 70.7 cm³/mol. The van der Waals surface area contributed by atoms with Crippen LogP contribution in [0.2, 0.25) is 5.02 Å². The lowest BCUT2D eigenvalue weighted by atomic mass is 10.3. The standard InChI is InChI=1S/C12H11ClN2O2S/c1-2-17-11(16)5-9-7-18-12(15-9)10-4-3-8(13)6-14-10/h3-4,6-7H,2,5H2,1H3. The highest BCUT2D eigenvalue weighted by molar-refractivity contribution is 7.13. The zero-order valence-corrected chi connectivity index (χ0v) is 11.3. The fourth-order valence-corrected chi connectivity index (χ4v) is 2.27. The number of carbonyl (C=O) groups is 1. The molecule has 0 aromatic carbocycles. The predicted octanol–water partition coefficient (Wildman–Crippen LogP) is 2.96. The summed E-state index contributed by atoms with van der Waals surface area (Å²) in [6.45, 7) is 2.16. The second-order valence-electron chi connectivity index (χ2n) is 3.49. The van der Waals surface area contributed by atoms with E-state index in [1.54, 1.807) is 25.3 Å². The number of carbonyl (C=O) groups excluding carboxylic acids is 1. The number of aromatic nitrogens is 2. The van der Waals surface area contributed by atoms with Crippen LogP contribution in [0, 0.1) is 0 Å². The summed E-state index contributed by atoms with van der Waals surface area (Å²) < 4.78 is 4.87. The number of esters is 1. The minimum absolute atomic E-state index is 0.192. The maximum Gasteiger partial charge on any atom is 0.311 e. The van der Waals surface area contributed by atoms with Crippen molar-refractivity contribution in [3.63, 3.8) is 0 Å². The van der Waals surface area contributed by atoms with Crippen LogP contribution in [0.3, 0.4) is 0 Å². The zero-order valence-electron chi connectivity index (χ0n) is 9.72. The van der Waals surface area contributed by atoms with Crippen molar-refractivity contribution in [2.45, 2.75) is 13.3 Å². The van der Waals surface area contributed by atoms with Crippen LogP contribution in [-0.2, 0) is 16.0 Å². The summed E-state index contributed by atoms with van der Waals surface area (Å²) in [5, 5.41) is 3.19. The van der Waals surface area contributed by atoms with Crippen molar-refractivity contribution < 1.29 is 9.53 Å². The van der Waals surface area contributed by atoms with E-state index in [1.807, 2.05) is 5.38 Å². The molecule has 4 nitrogen and oxygen atoms in total. The molecule has 0 aliphatic carbocycles. The van der Waals surface area contributed by atoms with Gasteiger partial charge in [0.15, 0.2) is 0 Å². The number of rotatable bonds is 4. The van der Waals surface area contributed by atoms with Gasteiger partial charge in [0.1, 0.15) is 5.01 Å². The van der Waals surface area contributed by atoms with E-state index in [9.17, 15) is 4.79 Å². The van der Waals surface area contributed by atoms with Crippen molar-refractivity contribution in [1.29, 1.82) is 0 Å². The molecule has 0 bridgehead atoms. The second-order valence-corrected chi connectivity index (χ2v) is 4.78. The van der Waals surface area contributed by atoms with Gasteiger partial charge in [-0.1, -0.05) is 11.6 Å². The number of ether oxygens (including phenoxy) is 1. The number of hydrogen-bond donors (Lipinski definition) is 0. The third-order valence-electron chi connectivity index (χ3n) is 2.13. The fourth-order valence-electron chi connectivity index (χ4n) is 1.37. The van der Waals surface area contributed by atoms with Crippen molar-refractivity contribution in [2.24, 2.45) is 0 Å². The van der Waals surface area contributed by atoms with Crippen LogP contribution in [0.4, 0.5) is 0 Å². The largest absolute Gasteiger partial charge is 0.466 e. The SMILES string of the molecule is CCOC(=O)Cc1csc(-c2ccc(Cl)cn2)n1. The Kier molecular flexibility index (Phi) is 4.28. The Labute approximate surface area is 114 Å². The zero-order chi connectivity index (χ0) is 13.0. The normalized spacial score (nSPS) is 10.3. The van der Waals surface area contributed by atoms with E-state index in [4.69, 9.17) is 16.3 Å². The first-order valence-corrected chi connectivity index (χ1v) is 6.66. The first kappa shape index (κ1) is 13.0. The number of thiazole rings is 1. The topological polar surface area (TPSA) is 52.1 Å². The highest BCUT2D eigenvalue weighted by atomic mass is 35.5.